The van der Waals surface area contributed by atoms with E-state index in [4.69, 9.17) is 4.42 Å². The molecule has 0 aliphatic carbocycles. The van der Waals surface area contributed by atoms with Crippen LogP contribution in [-0.4, -0.2) is 17.2 Å². The first-order chi connectivity index (χ1) is 30.1. The van der Waals surface area contributed by atoms with Crippen molar-refractivity contribution < 1.29 is 4.42 Å². The molecule has 0 saturated carbocycles. The molecule has 61 heavy (non-hydrogen) atoms. The average Bonchev–Trinajstić information content (AvgIpc) is 3.98. The van der Waals surface area contributed by atoms with Gasteiger partial charge in [-0.25, -0.2) is 0 Å². The van der Waals surface area contributed by atoms with Crippen LogP contribution in [0.4, 0.5) is 0 Å². The Bertz CT molecular complexity index is 3510. The van der Waals surface area contributed by atoms with Gasteiger partial charge in [-0.2, -0.15) is 5.26 Å². The van der Waals surface area contributed by atoms with Crippen molar-refractivity contribution in [1.82, 2.24) is 9.13 Å². The van der Waals surface area contributed by atoms with E-state index in [1.165, 1.54) is 31.5 Å². The highest BCUT2D eigenvalue weighted by Gasteiger charge is 2.41. The number of hydrogen-bond acceptors (Lipinski definition) is 2. The SMILES string of the molecule is C=Cc1c(/C=C(\C)C#N)c2ccccc2n1-c1ccc([Si](c2ccccc2)(c2ccccc2)c2ccc(-n3c4ccccc4c4ccc5oc6ccccc6c5c43)cc2)cc1. The largest absolute Gasteiger partial charge is 0.456 e. The van der Waals surface area contributed by atoms with E-state index in [1.54, 1.807) is 0 Å². The summed E-state index contributed by atoms with van der Waals surface area (Å²) in [4.78, 5) is 0. The third kappa shape index (κ3) is 5.50. The highest BCUT2D eigenvalue weighted by atomic mass is 28.3. The second-order valence-electron chi connectivity index (χ2n) is 15.7. The second-order valence-corrected chi connectivity index (χ2v) is 19.5. The van der Waals surface area contributed by atoms with E-state index >= 15 is 0 Å². The summed E-state index contributed by atoms with van der Waals surface area (Å²) in [6.07, 6.45) is 3.87. The van der Waals surface area contributed by atoms with Gasteiger partial charge in [0.25, 0.3) is 0 Å². The molecule has 0 bridgehead atoms. The molecular weight excluding hydrogens is 759 g/mol. The maximum absolute atomic E-state index is 9.70. The van der Waals surface area contributed by atoms with Crippen LogP contribution in [-0.2, 0) is 0 Å². The number of aromatic nitrogens is 2. The lowest BCUT2D eigenvalue weighted by molar-refractivity contribution is 0.669. The van der Waals surface area contributed by atoms with Gasteiger partial charge in [0.1, 0.15) is 11.2 Å². The molecule has 0 atom stereocenters. The Morgan fingerprint density at radius 1 is 0.525 bits per heavy atom. The molecule has 11 aromatic rings. The summed E-state index contributed by atoms with van der Waals surface area (Å²) in [7, 11) is -2.90. The zero-order chi connectivity index (χ0) is 41.1. The third-order valence-corrected chi connectivity index (χ3v) is 17.2. The molecule has 0 aliphatic heterocycles. The van der Waals surface area contributed by atoms with Crippen molar-refractivity contribution in [2.45, 2.75) is 6.92 Å². The monoisotopic (exact) mass is 797 g/mol. The fourth-order valence-electron chi connectivity index (χ4n) is 9.80. The number of furan rings is 1. The van der Waals surface area contributed by atoms with Crippen LogP contribution in [0.15, 0.2) is 211 Å². The fourth-order valence-corrected chi connectivity index (χ4v) is 14.5. The van der Waals surface area contributed by atoms with Crippen molar-refractivity contribution in [3.8, 4) is 17.4 Å². The molecule has 0 aliphatic rings. The molecule has 288 valence electrons. The van der Waals surface area contributed by atoms with Crippen LogP contribution in [0.3, 0.4) is 0 Å². The summed E-state index contributed by atoms with van der Waals surface area (Å²) < 4.78 is 11.1. The Morgan fingerprint density at radius 2 is 1.03 bits per heavy atom. The summed E-state index contributed by atoms with van der Waals surface area (Å²) >= 11 is 0. The van der Waals surface area contributed by atoms with Crippen LogP contribution in [0.1, 0.15) is 18.2 Å². The van der Waals surface area contributed by atoms with Crippen LogP contribution in [0.5, 0.6) is 0 Å². The Balaban J connectivity index is 1.13. The van der Waals surface area contributed by atoms with Crippen molar-refractivity contribution in [1.29, 1.82) is 5.26 Å². The van der Waals surface area contributed by atoms with E-state index in [9.17, 15) is 5.26 Å². The van der Waals surface area contributed by atoms with Gasteiger partial charge in [0, 0.05) is 44.1 Å². The maximum Gasteiger partial charge on any atom is 0.179 e. The molecule has 0 spiro atoms. The minimum absolute atomic E-state index is 0.648. The van der Waals surface area contributed by atoms with Gasteiger partial charge in [-0.3, -0.25) is 0 Å². The molecule has 11 rings (SSSR count). The fraction of sp³-hybridized carbons (Fsp3) is 0.0179. The zero-order valence-electron chi connectivity index (χ0n) is 33.6. The first-order valence-electron chi connectivity index (χ1n) is 20.6. The van der Waals surface area contributed by atoms with Crippen molar-refractivity contribution in [3.63, 3.8) is 0 Å². The molecule has 0 fully saturated rings. The molecule has 3 heterocycles. The standard InChI is InChI=1S/C56H39N3OSi/c1-3-50-49(36-38(2)37-57)46-21-11-13-23-51(46)58(50)39-26-30-43(31-27-39)61(41-16-6-4-7-17-41,42-18-8-5-9-19-42)44-32-28-40(29-33-44)59-52-24-14-10-20-45(52)47-34-35-54-55(56(47)59)48-22-12-15-25-53(48)60-54/h3-36H,1H2,2H3/b38-36+. The van der Waals surface area contributed by atoms with Gasteiger partial charge < -0.3 is 13.6 Å². The molecule has 0 unspecified atom stereocenters. The molecule has 8 aromatic carbocycles. The second kappa shape index (κ2) is 14.4. The minimum atomic E-state index is -2.90. The number of fused-ring (bicyclic) bond motifs is 8. The summed E-state index contributed by atoms with van der Waals surface area (Å²) in [5.41, 5.74) is 9.89. The predicted molar refractivity (Wildman–Crippen MR) is 258 cm³/mol. The Morgan fingerprint density at radius 3 is 1.64 bits per heavy atom. The van der Waals surface area contributed by atoms with E-state index < -0.39 is 8.07 Å². The number of hydrogen-bond donors (Lipinski definition) is 0. The minimum Gasteiger partial charge on any atom is -0.456 e. The van der Waals surface area contributed by atoms with Gasteiger partial charge in [-0.05, 0) is 94.4 Å². The normalized spacial score (nSPS) is 12.2. The van der Waals surface area contributed by atoms with Crippen molar-refractivity contribution >= 4 is 95.6 Å². The lowest BCUT2D eigenvalue weighted by Crippen LogP contribution is -2.74. The Kier molecular flexibility index (Phi) is 8.56. The summed E-state index contributed by atoms with van der Waals surface area (Å²) in [5, 5.41) is 20.6. The summed E-state index contributed by atoms with van der Waals surface area (Å²) in [6.45, 7) is 6.08. The van der Waals surface area contributed by atoms with Crippen LogP contribution < -0.4 is 20.7 Å². The molecule has 5 heteroatoms. The zero-order valence-corrected chi connectivity index (χ0v) is 34.6. The van der Waals surface area contributed by atoms with Crippen LogP contribution in [0.25, 0.3) is 78.2 Å². The molecule has 0 saturated heterocycles. The molecule has 4 nitrogen and oxygen atoms in total. The first kappa shape index (κ1) is 36.2. The lowest BCUT2D eigenvalue weighted by Gasteiger charge is -2.34. The van der Waals surface area contributed by atoms with Gasteiger partial charge in [0.2, 0.25) is 0 Å². The van der Waals surface area contributed by atoms with E-state index in [1.807, 2.05) is 31.2 Å². The quantitative estimate of drug-likeness (QED) is 0.0873. The molecule has 0 radical (unpaired) electrons. The van der Waals surface area contributed by atoms with Gasteiger partial charge in [-0.1, -0.05) is 146 Å². The third-order valence-electron chi connectivity index (χ3n) is 12.4. The number of allylic oxidation sites excluding steroid dienone is 1. The van der Waals surface area contributed by atoms with Crippen molar-refractivity contribution in [3.05, 3.63) is 218 Å². The van der Waals surface area contributed by atoms with Gasteiger partial charge in [-0.15, -0.1) is 0 Å². The van der Waals surface area contributed by atoms with Gasteiger partial charge in [0.05, 0.1) is 33.7 Å². The lowest BCUT2D eigenvalue weighted by atomic mass is 10.1. The number of rotatable bonds is 8. The smallest absolute Gasteiger partial charge is 0.179 e. The molecular formula is C56H39N3OSi. The number of nitrogens with zero attached hydrogens (tertiary/aromatic N) is 3. The molecule has 3 aromatic heterocycles. The van der Waals surface area contributed by atoms with Crippen LogP contribution >= 0.6 is 0 Å². The van der Waals surface area contributed by atoms with Crippen LogP contribution in [0.2, 0.25) is 0 Å². The van der Waals surface area contributed by atoms with E-state index in [-0.39, 0.29) is 0 Å². The topological polar surface area (TPSA) is 46.8 Å². The highest BCUT2D eigenvalue weighted by Crippen LogP contribution is 2.40. The van der Waals surface area contributed by atoms with E-state index in [2.05, 4.69) is 204 Å². The highest BCUT2D eigenvalue weighted by molar-refractivity contribution is 7.19. The van der Waals surface area contributed by atoms with E-state index in [0.29, 0.717) is 5.57 Å². The Hall–Kier alpha value is -7.91. The number of benzene rings is 8. The van der Waals surface area contributed by atoms with Crippen molar-refractivity contribution in [2.24, 2.45) is 0 Å². The summed E-state index contributed by atoms with van der Waals surface area (Å²) in [5.74, 6) is 0. The number of nitriles is 1. The molecule has 0 N–H and O–H groups in total. The summed E-state index contributed by atoms with van der Waals surface area (Å²) in [6, 6.07) is 72.7. The maximum atomic E-state index is 9.70. The van der Waals surface area contributed by atoms with Gasteiger partial charge in [0.15, 0.2) is 8.07 Å². The first-order valence-corrected chi connectivity index (χ1v) is 22.6. The average molecular weight is 798 g/mol. The van der Waals surface area contributed by atoms with E-state index in [0.717, 1.165) is 66.5 Å². The van der Waals surface area contributed by atoms with Crippen LogP contribution in [0, 0.1) is 11.3 Å². The predicted octanol–water partition coefficient (Wildman–Crippen LogP) is 11.6. The Labute approximate surface area is 354 Å². The number of para-hydroxylation sites is 3. The molecule has 0 amide bonds. The van der Waals surface area contributed by atoms with Gasteiger partial charge >= 0.3 is 0 Å². The van der Waals surface area contributed by atoms with Crippen molar-refractivity contribution in [2.75, 3.05) is 0 Å².